The average Bonchev–Trinajstić information content (AvgIpc) is 3.21. The van der Waals surface area contributed by atoms with E-state index in [2.05, 4.69) is 50.2 Å². The molecule has 8 heteroatoms. The Morgan fingerprint density at radius 1 is 1.23 bits per heavy atom. The summed E-state index contributed by atoms with van der Waals surface area (Å²) in [6.45, 7) is 5.29. The number of nitrogens with zero attached hydrogens (tertiary/aromatic N) is 4. The number of imidazole rings is 1. The van der Waals surface area contributed by atoms with Crippen LogP contribution >= 0.6 is 24.0 Å². The van der Waals surface area contributed by atoms with E-state index >= 15 is 0 Å². The molecule has 3 aromatic rings. The number of aromatic nitrogens is 3. The molecule has 0 aliphatic rings. The highest BCUT2D eigenvalue weighted by molar-refractivity contribution is 14.0. The number of nitrogens with one attached hydrogen (secondary N) is 2. The average molecular weight is 468 g/mol. The van der Waals surface area contributed by atoms with E-state index in [4.69, 9.17) is 4.52 Å². The number of hydrogen-bond donors (Lipinski definition) is 2. The molecule has 0 saturated heterocycles. The molecule has 26 heavy (non-hydrogen) atoms. The van der Waals surface area contributed by atoms with Gasteiger partial charge in [-0.25, -0.2) is 4.98 Å². The van der Waals surface area contributed by atoms with Crippen molar-refractivity contribution in [3.8, 4) is 0 Å². The summed E-state index contributed by atoms with van der Waals surface area (Å²) in [5.41, 5.74) is 3.07. The van der Waals surface area contributed by atoms with Crippen molar-refractivity contribution in [1.29, 1.82) is 0 Å². The highest BCUT2D eigenvalue weighted by Crippen LogP contribution is 2.14. The summed E-state index contributed by atoms with van der Waals surface area (Å²) in [5, 5.41) is 10.6. The number of benzene rings is 1. The Bertz CT molecular complexity index is 883. The molecule has 0 amide bonds. The first-order valence-corrected chi connectivity index (χ1v) is 8.39. The maximum atomic E-state index is 5.33. The van der Waals surface area contributed by atoms with Gasteiger partial charge in [0, 0.05) is 20.2 Å². The number of guanidine groups is 1. The first-order chi connectivity index (χ1) is 12.1. The monoisotopic (exact) mass is 468 g/mol. The van der Waals surface area contributed by atoms with Gasteiger partial charge in [0.15, 0.2) is 11.7 Å². The molecule has 7 nitrogen and oxygen atoms in total. The van der Waals surface area contributed by atoms with Crippen LogP contribution in [-0.4, -0.2) is 27.7 Å². The second-order valence-electron chi connectivity index (χ2n) is 6.23. The number of halogens is 1. The van der Waals surface area contributed by atoms with Crippen LogP contribution in [0.3, 0.4) is 0 Å². The fourth-order valence-corrected chi connectivity index (χ4v) is 2.59. The Hall–Kier alpha value is -2.10. The van der Waals surface area contributed by atoms with Crippen molar-refractivity contribution in [2.75, 3.05) is 7.05 Å². The van der Waals surface area contributed by atoms with Crippen molar-refractivity contribution >= 4 is 41.0 Å². The summed E-state index contributed by atoms with van der Waals surface area (Å²) in [6.07, 6.45) is 0. The molecule has 0 spiro atoms. The van der Waals surface area contributed by atoms with Crippen molar-refractivity contribution in [3.05, 3.63) is 47.6 Å². The van der Waals surface area contributed by atoms with Gasteiger partial charge in [-0.3, -0.25) is 4.99 Å². The Morgan fingerprint density at radius 2 is 1.96 bits per heavy atom. The van der Waals surface area contributed by atoms with E-state index in [9.17, 15) is 0 Å². The fraction of sp³-hybridized carbons (Fsp3) is 0.389. The van der Waals surface area contributed by atoms with E-state index in [0.29, 0.717) is 25.0 Å². The molecule has 0 fully saturated rings. The smallest absolute Gasteiger partial charge is 0.191 e. The molecule has 0 atom stereocenters. The van der Waals surface area contributed by atoms with E-state index in [0.717, 1.165) is 28.3 Å². The van der Waals surface area contributed by atoms with Crippen LogP contribution in [0.5, 0.6) is 0 Å². The number of fused-ring (bicyclic) bond motifs is 1. The lowest BCUT2D eigenvalue weighted by molar-refractivity contribution is 0.372. The van der Waals surface area contributed by atoms with Gasteiger partial charge in [-0.2, -0.15) is 0 Å². The van der Waals surface area contributed by atoms with Gasteiger partial charge in [0.1, 0.15) is 5.82 Å². The summed E-state index contributed by atoms with van der Waals surface area (Å²) < 4.78 is 7.42. The van der Waals surface area contributed by atoms with Crippen molar-refractivity contribution in [2.24, 2.45) is 12.0 Å². The number of aryl methyl sites for hydroxylation is 1. The van der Waals surface area contributed by atoms with E-state index < -0.39 is 0 Å². The van der Waals surface area contributed by atoms with E-state index in [1.54, 1.807) is 7.05 Å². The zero-order valence-electron chi connectivity index (χ0n) is 15.5. The molecule has 140 valence electrons. The molecule has 2 N–H and O–H groups in total. The Kier molecular flexibility index (Phi) is 7.01. The van der Waals surface area contributed by atoms with Gasteiger partial charge in [-0.15, -0.1) is 24.0 Å². The maximum absolute atomic E-state index is 5.33. The predicted octanol–water partition coefficient (Wildman–Crippen LogP) is 3.17. The second-order valence-corrected chi connectivity index (χ2v) is 6.23. The SMILES string of the molecule is CN=C(NCc1cc(C(C)C)no1)NCc1nc2ccccc2n1C.I. The molecule has 1 aromatic carbocycles. The first-order valence-electron chi connectivity index (χ1n) is 8.39. The molecule has 0 saturated carbocycles. The minimum absolute atomic E-state index is 0. The molecule has 2 aromatic heterocycles. The van der Waals surface area contributed by atoms with Gasteiger partial charge < -0.3 is 19.7 Å². The summed E-state index contributed by atoms with van der Waals surface area (Å²) in [6, 6.07) is 10.1. The molecule has 0 radical (unpaired) electrons. The van der Waals surface area contributed by atoms with Crippen LogP contribution in [0.25, 0.3) is 11.0 Å². The highest BCUT2D eigenvalue weighted by Gasteiger charge is 2.10. The molecule has 0 aliphatic heterocycles. The normalized spacial score (nSPS) is 11.7. The van der Waals surface area contributed by atoms with Crippen molar-refractivity contribution in [2.45, 2.75) is 32.9 Å². The van der Waals surface area contributed by atoms with Gasteiger partial charge in [-0.1, -0.05) is 31.1 Å². The second kappa shape index (κ2) is 9.02. The first kappa shape index (κ1) is 20.2. The lowest BCUT2D eigenvalue weighted by atomic mass is 10.1. The van der Waals surface area contributed by atoms with Gasteiger partial charge in [0.05, 0.1) is 29.8 Å². The number of para-hydroxylation sites is 2. The number of rotatable bonds is 5. The molecule has 0 unspecified atom stereocenters. The molecule has 0 bridgehead atoms. The third-order valence-electron chi connectivity index (χ3n) is 4.12. The molecule has 2 heterocycles. The maximum Gasteiger partial charge on any atom is 0.191 e. The quantitative estimate of drug-likeness (QED) is 0.342. The van der Waals surface area contributed by atoms with Gasteiger partial charge in [0.2, 0.25) is 0 Å². The van der Waals surface area contributed by atoms with Crippen LogP contribution in [0.2, 0.25) is 0 Å². The van der Waals surface area contributed by atoms with Crippen molar-refractivity contribution in [1.82, 2.24) is 25.3 Å². The van der Waals surface area contributed by atoms with Crippen LogP contribution in [0.4, 0.5) is 0 Å². The largest absolute Gasteiger partial charge is 0.359 e. The topological polar surface area (TPSA) is 80.3 Å². The van der Waals surface area contributed by atoms with Crippen LogP contribution in [-0.2, 0) is 20.1 Å². The molecular weight excluding hydrogens is 443 g/mol. The zero-order valence-corrected chi connectivity index (χ0v) is 17.8. The fourth-order valence-electron chi connectivity index (χ4n) is 2.59. The third-order valence-corrected chi connectivity index (χ3v) is 4.12. The highest BCUT2D eigenvalue weighted by atomic mass is 127. The van der Waals surface area contributed by atoms with E-state index in [1.807, 2.05) is 31.3 Å². The van der Waals surface area contributed by atoms with E-state index in [1.165, 1.54) is 0 Å². The predicted molar refractivity (Wildman–Crippen MR) is 114 cm³/mol. The van der Waals surface area contributed by atoms with Crippen LogP contribution < -0.4 is 10.6 Å². The molecule has 0 aliphatic carbocycles. The van der Waals surface area contributed by atoms with Gasteiger partial charge in [-0.05, 0) is 18.1 Å². The van der Waals surface area contributed by atoms with Gasteiger partial charge >= 0.3 is 0 Å². The third kappa shape index (κ3) is 4.54. The molecule has 3 rings (SSSR count). The summed E-state index contributed by atoms with van der Waals surface area (Å²) in [7, 11) is 3.76. The van der Waals surface area contributed by atoms with E-state index in [-0.39, 0.29) is 24.0 Å². The standard InChI is InChI=1S/C18H24N6O.HI/c1-12(2)15-9-13(25-23-15)10-20-18(19-3)21-11-17-22-14-7-5-6-8-16(14)24(17)4;/h5-9,12H,10-11H2,1-4H3,(H2,19,20,21);1H. The Labute approximate surface area is 170 Å². The Morgan fingerprint density at radius 3 is 2.62 bits per heavy atom. The zero-order chi connectivity index (χ0) is 17.8. The van der Waals surface area contributed by atoms with Crippen LogP contribution in [0.15, 0.2) is 39.8 Å². The lowest BCUT2D eigenvalue weighted by Gasteiger charge is -2.10. The number of aliphatic imine (C=N–C) groups is 1. The minimum atomic E-state index is 0. The molecular formula is C18H25IN6O. The van der Waals surface area contributed by atoms with Gasteiger partial charge in [0.25, 0.3) is 0 Å². The van der Waals surface area contributed by atoms with Crippen LogP contribution in [0.1, 0.15) is 37.0 Å². The van der Waals surface area contributed by atoms with Crippen molar-refractivity contribution < 1.29 is 4.52 Å². The van der Waals surface area contributed by atoms with Crippen LogP contribution in [0, 0.1) is 0 Å². The lowest BCUT2D eigenvalue weighted by Crippen LogP contribution is -2.36. The summed E-state index contributed by atoms with van der Waals surface area (Å²) in [4.78, 5) is 8.89. The Balaban J connectivity index is 0.00000243. The summed E-state index contributed by atoms with van der Waals surface area (Å²) in [5.74, 6) is 2.78. The summed E-state index contributed by atoms with van der Waals surface area (Å²) >= 11 is 0. The minimum Gasteiger partial charge on any atom is -0.359 e. The number of hydrogen-bond acceptors (Lipinski definition) is 4. The van der Waals surface area contributed by atoms with Crippen molar-refractivity contribution in [3.63, 3.8) is 0 Å².